The fraction of sp³-hybridized carbons (Fsp3) is 0.371. The van der Waals surface area contributed by atoms with E-state index >= 15 is 0 Å². The zero-order chi connectivity index (χ0) is 32.7. The fourth-order valence-electron chi connectivity index (χ4n) is 8.13. The van der Waals surface area contributed by atoms with Crippen LogP contribution in [0, 0.1) is 28.1 Å². The second-order valence-corrected chi connectivity index (χ2v) is 13.5. The number of allylic oxidation sites excluding steroid dienone is 2. The Morgan fingerprint density at radius 2 is 1.64 bits per heavy atom. The van der Waals surface area contributed by atoms with Crippen LogP contribution in [0.1, 0.15) is 59.1 Å². The summed E-state index contributed by atoms with van der Waals surface area (Å²) in [7, 11) is 0. The van der Waals surface area contributed by atoms with Crippen LogP contribution in [-0.2, 0) is 25.6 Å². The Morgan fingerprint density at radius 1 is 1.02 bits per heavy atom. The number of aliphatic hydroxyl groups excluding tert-OH is 2. The van der Waals surface area contributed by atoms with E-state index in [1.54, 1.807) is 32.0 Å². The molecule has 44 heavy (non-hydrogen) atoms. The maximum Gasteiger partial charge on any atom is 0.255 e. The molecule has 2 aromatic rings. The normalized spacial score (nSPS) is 27.9. The Morgan fingerprint density at radius 3 is 2.18 bits per heavy atom. The summed E-state index contributed by atoms with van der Waals surface area (Å²) in [5.74, 6) is -5.04. The molecule has 1 fully saturated rings. The standard InChI is InChI=1S/C35H38N2O7/c1-16(2)25-28(40)24(31(36)43)29(41)35(7)30(42)26-27(39)23-21(14-33(26,5)15-34(25,35)6)20(12-13-22(23)38)18-8-10-19(11-9-18)37-32(44)17(3)4/h8-13,16,25,38-39,41H,3,14-15H2,1-2,4-7H3,(H2,36,43)(H,37,44). The first-order valence-corrected chi connectivity index (χ1v) is 14.6. The molecule has 0 spiro atoms. The van der Waals surface area contributed by atoms with Crippen LogP contribution in [0.25, 0.3) is 16.9 Å². The van der Waals surface area contributed by atoms with Crippen molar-refractivity contribution in [1.82, 2.24) is 0 Å². The van der Waals surface area contributed by atoms with E-state index in [2.05, 4.69) is 11.9 Å². The average molecular weight is 599 g/mol. The topological polar surface area (TPSA) is 167 Å². The summed E-state index contributed by atoms with van der Waals surface area (Å²) >= 11 is 0. The van der Waals surface area contributed by atoms with E-state index in [-0.39, 0.29) is 41.6 Å². The van der Waals surface area contributed by atoms with Crippen molar-refractivity contribution in [3.05, 3.63) is 76.6 Å². The highest BCUT2D eigenvalue weighted by molar-refractivity contribution is 6.23. The Hall–Kier alpha value is -4.66. The third kappa shape index (κ3) is 4.05. The summed E-state index contributed by atoms with van der Waals surface area (Å²) in [6.07, 6.45) is 0.454. The number of carbonyl (C=O) groups excluding carboxylic acids is 4. The van der Waals surface area contributed by atoms with Crippen LogP contribution in [0.15, 0.2) is 65.5 Å². The van der Waals surface area contributed by atoms with Crippen molar-refractivity contribution in [2.24, 2.45) is 33.8 Å². The van der Waals surface area contributed by atoms with Gasteiger partial charge < -0.3 is 26.4 Å². The van der Waals surface area contributed by atoms with Crippen LogP contribution < -0.4 is 11.1 Å². The fourth-order valence-corrected chi connectivity index (χ4v) is 8.13. The number of hydrogen-bond donors (Lipinski definition) is 5. The van der Waals surface area contributed by atoms with Gasteiger partial charge in [-0.1, -0.05) is 52.5 Å². The second-order valence-electron chi connectivity index (χ2n) is 13.5. The van der Waals surface area contributed by atoms with Gasteiger partial charge in [-0.25, -0.2) is 0 Å². The first-order valence-electron chi connectivity index (χ1n) is 14.6. The molecule has 2 aromatic carbocycles. The number of aromatic hydroxyl groups is 1. The van der Waals surface area contributed by atoms with Crippen molar-refractivity contribution in [3.8, 4) is 16.9 Å². The summed E-state index contributed by atoms with van der Waals surface area (Å²) < 4.78 is 0. The molecule has 230 valence electrons. The Labute approximate surface area is 256 Å². The lowest BCUT2D eigenvalue weighted by atomic mass is 9.40. The van der Waals surface area contributed by atoms with E-state index in [4.69, 9.17) is 5.73 Å². The number of amides is 2. The number of anilines is 1. The number of primary amides is 1. The molecule has 0 aliphatic heterocycles. The quantitative estimate of drug-likeness (QED) is 0.222. The van der Waals surface area contributed by atoms with E-state index in [0.29, 0.717) is 22.4 Å². The molecular formula is C35H38N2O7. The molecule has 0 bridgehead atoms. The molecule has 1 saturated carbocycles. The smallest absolute Gasteiger partial charge is 0.255 e. The molecule has 2 amide bonds. The van der Waals surface area contributed by atoms with Gasteiger partial charge in [0.25, 0.3) is 11.8 Å². The van der Waals surface area contributed by atoms with Gasteiger partial charge in [-0.05, 0) is 72.9 Å². The summed E-state index contributed by atoms with van der Waals surface area (Å²) in [6.45, 7) is 14.1. The lowest BCUT2D eigenvalue weighted by Gasteiger charge is -2.61. The van der Waals surface area contributed by atoms with E-state index < -0.39 is 56.7 Å². The minimum Gasteiger partial charge on any atom is -0.510 e. The Kier molecular flexibility index (Phi) is 6.95. The van der Waals surface area contributed by atoms with Crippen molar-refractivity contribution in [3.63, 3.8) is 0 Å². The largest absolute Gasteiger partial charge is 0.510 e. The van der Waals surface area contributed by atoms with E-state index in [0.717, 1.165) is 5.56 Å². The molecule has 5 rings (SSSR count). The minimum absolute atomic E-state index is 0.0301. The van der Waals surface area contributed by atoms with Gasteiger partial charge >= 0.3 is 0 Å². The van der Waals surface area contributed by atoms with Crippen molar-refractivity contribution in [2.45, 2.75) is 54.4 Å². The van der Waals surface area contributed by atoms with Crippen LogP contribution in [0.4, 0.5) is 5.69 Å². The summed E-state index contributed by atoms with van der Waals surface area (Å²) in [6, 6.07) is 10.3. The maximum absolute atomic E-state index is 14.6. The molecule has 0 saturated heterocycles. The number of ketones is 2. The van der Waals surface area contributed by atoms with Crippen LogP contribution in [0.2, 0.25) is 0 Å². The SMILES string of the molecule is C=C(C)C(=O)Nc1ccc(-c2ccc(O)c3c2CC2(C)CC4(C)C(C(C)C)C(=O)C(C(N)=O)=C(O)C4(C)C(=O)C2=C3O)cc1. The van der Waals surface area contributed by atoms with Gasteiger partial charge in [0.1, 0.15) is 22.8 Å². The Bertz CT molecular complexity index is 1750. The molecule has 0 radical (unpaired) electrons. The average Bonchev–Trinajstić information content (AvgIpc) is 2.91. The number of nitrogens with one attached hydrogen (secondary N) is 1. The molecule has 3 aliphatic rings. The second kappa shape index (κ2) is 9.94. The number of phenols is 1. The molecular weight excluding hydrogens is 560 g/mol. The summed E-state index contributed by atoms with van der Waals surface area (Å²) in [5, 5.41) is 37.0. The highest BCUT2D eigenvalue weighted by atomic mass is 16.3. The molecule has 0 heterocycles. The number of nitrogens with two attached hydrogens (primary N) is 1. The highest BCUT2D eigenvalue weighted by Crippen LogP contribution is 2.68. The number of aliphatic hydroxyl groups is 2. The monoisotopic (exact) mass is 598 g/mol. The lowest BCUT2D eigenvalue weighted by molar-refractivity contribution is -0.156. The first kappa shape index (κ1) is 30.8. The third-order valence-electron chi connectivity index (χ3n) is 10.2. The number of hydrogen-bond acceptors (Lipinski definition) is 7. The lowest BCUT2D eigenvalue weighted by Crippen LogP contribution is -2.64. The maximum atomic E-state index is 14.6. The van der Waals surface area contributed by atoms with Crippen molar-refractivity contribution in [1.29, 1.82) is 0 Å². The number of carbonyl (C=O) groups is 4. The molecule has 9 heteroatoms. The predicted molar refractivity (Wildman–Crippen MR) is 166 cm³/mol. The molecule has 9 nitrogen and oxygen atoms in total. The molecule has 4 atom stereocenters. The van der Waals surface area contributed by atoms with Crippen molar-refractivity contribution in [2.75, 3.05) is 5.32 Å². The molecule has 6 N–H and O–H groups in total. The van der Waals surface area contributed by atoms with Crippen LogP contribution >= 0.6 is 0 Å². The molecule has 0 aromatic heterocycles. The van der Waals surface area contributed by atoms with Gasteiger partial charge in [0.2, 0.25) is 0 Å². The predicted octanol–water partition coefficient (Wildman–Crippen LogP) is 5.54. The highest BCUT2D eigenvalue weighted by Gasteiger charge is 2.70. The summed E-state index contributed by atoms with van der Waals surface area (Å²) in [5.41, 5.74) is 4.27. The van der Waals surface area contributed by atoms with Crippen LogP contribution in [-0.4, -0.2) is 38.7 Å². The van der Waals surface area contributed by atoms with E-state index in [9.17, 15) is 34.5 Å². The van der Waals surface area contributed by atoms with Crippen molar-refractivity contribution >= 4 is 34.8 Å². The molecule has 3 aliphatic carbocycles. The number of Topliss-reactive ketones (excluding diaryl/α,β-unsaturated/α-hetero) is 2. The minimum atomic E-state index is -1.74. The third-order valence-corrected chi connectivity index (χ3v) is 10.2. The Balaban J connectivity index is 1.72. The number of rotatable bonds is 5. The zero-order valence-corrected chi connectivity index (χ0v) is 25.8. The number of phenolic OH excluding ortho intramolecular Hbond substituents is 1. The van der Waals surface area contributed by atoms with Gasteiger partial charge in [0.15, 0.2) is 11.6 Å². The van der Waals surface area contributed by atoms with Gasteiger partial charge in [0.05, 0.1) is 11.0 Å². The van der Waals surface area contributed by atoms with Crippen LogP contribution in [0.5, 0.6) is 5.75 Å². The van der Waals surface area contributed by atoms with Gasteiger partial charge in [-0.2, -0.15) is 0 Å². The first-order chi connectivity index (χ1) is 20.4. The van der Waals surface area contributed by atoms with Gasteiger partial charge in [-0.15, -0.1) is 0 Å². The number of benzene rings is 2. The van der Waals surface area contributed by atoms with E-state index in [1.807, 2.05) is 32.9 Å². The van der Waals surface area contributed by atoms with Gasteiger partial charge in [0, 0.05) is 28.2 Å². The zero-order valence-electron chi connectivity index (χ0n) is 25.8. The number of fused-ring (bicyclic) bond motifs is 3. The van der Waals surface area contributed by atoms with Crippen LogP contribution in [0.3, 0.4) is 0 Å². The van der Waals surface area contributed by atoms with E-state index in [1.165, 1.54) is 13.0 Å². The van der Waals surface area contributed by atoms with Gasteiger partial charge in [-0.3, -0.25) is 19.2 Å². The van der Waals surface area contributed by atoms with Crippen molar-refractivity contribution < 1.29 is 34.5 Å². The summed E-state index contributed by atoms with van der Waals surface area (Å²) in [4.78, 5) is 52.8. The molecule has 4 unspecified atom stereocenters.